The van der Waals surface area contributed by atoms with Gasteiger partial charge < -0.3 is 46.1 Å². The van der Waals surface area contributed by atoms with Crippen LogP contribution in [0.3, 0.4) is 0 Å². The first kappa shape index (κ1) is 33.2. The summed E-state index contributed by atoms with van der Waals surface area (Å²) in [6, 6.07) is -0.0655. The Balaban J connectivity index is 0.00000405. The third-order valence-corrected chi connectivity index (χ3v) is 12.2. The average molecular weight is 658 g/mol. The molecule has 0 aromatic rings. The second-order valence-corrected chi connectivity index (χ2v) is 14.2. The van der Waals surface area contributed by atoms with Crippen LogP contribution in [0.1, 0.15) is 78.6 Å². The van der Waals surface area contributed by atoms with Crippen LogP contribution in [0.25, 0.3) is 0 Å². The molecule has 0 spiro atoms. The van der Waals surface area contributed by atoms with Crippen molar-refractivity contribution in [2.24, 2.45) is 34.5 Å². The first-order valence-corrected chi connectivity index (χ1v) is 15.7. The molecule has 5 fully saturated rings. The number of nitrogens with zero attached hydrogens (tertiary/aromatic N) is 2. The van der Waals surface area contributed by atoms with Gasteiger partial charge in [-0.2, -0.15) is 0 Å². The molecule has 0 aromatic heterocycles. The molecule has 2 heterocycles. The molecule has 2 saturated heterocycles. The molecule has 238 valence electrons. The molecule has 8 atom stereocenters. The largest absolute Gasteiger partial charge is 1.00 e. The number of quaternary nitrogens is 1. The van der Waals surface area contributed by atoms with Crippen molar-refractivity contribution in [3.05, 3.63) is 0 Å². The molecule has 0 unspecified atom stereocenters. The van der Waals surface area contributed by atoms with Crippen LogP contribution in [0.15, 0.2) is 0 Å². The van der Waals surface area contributed by atoms with Gasteiger partial charge in [0.1, 0.15) is 6.04 Å². The van der Waals surface area contributed by atoms with Crippen LogP contribution in [-0.4, -0.2) is 101 Å². The number of carbonyl (C=O) groups is 4. The van der Waals surface area contributed by atoms with Crippen LogP contribution in [0, 0.1) is 34.5 Å². The second-order valence-electron chi connectivity index (χ2n) is 14.2. The summed E-state index contributed by atoms with van der Waals surface area (Å²) >= 11 is 0. The monoisotopic (exact) mass is 656 g/mol. The third kappa shape index (κ3) is 5.99. The summed E-state index contributed by atoms with van der Waals surface area (Å²) in [4.78, 5) is 52.0. The standard InChI is InChI=1S/C31H48N2O8.BrH/c1-20(34)41-29-25(33(19-28(38)39)12-4-5-13-33)17-24-22-7-6-21(16-27(36)37)31(3,23(22)8-9-30(24,29)2)18-26(35)32-10-14-40-15-11-32;/h21-25,29H,4-19H2,1-3H3,(H-,36,37,38,39);1H/t21-,22+,23-,24-,25-,29-,30-,31-;/m0./s1. The summed E-state index contributed by atoms with van der Waals surface area (Å²) in [7, 11) is 0. The fourth-order valence-electron chi connectivity index (χ4n) is 10.3. The summed E-state index contributed by atoms with van der Waals surface area (Å²) in [6.07, 6.45) is 6.13. The van der Waals surface area contributed by atoms with Gasteiger partial charge in [-0.15, -0.1) is 0 Å². The van der Waals surface area contributed by atoms with E-state index in [9.17, 15) is 29.4 Å². The molecule has 0 aromatic carbocycles. The molecule has 2 N–H and O–H groups in total. The van der Waals surface area contributed by atoms with Crippen molar-refractivity contribution in [1.29, 1.82) is 0 Å². The second kappa shape index (κ2) is 12.7. The lowest BCUT2D eigenvalue weighted by Crippen LogP contribution is -3.00. The number of amides is 1. The van der Waals surface area contributed by atoms with Crippen molar-refractivity contribution < 1.29 is 60.3 Å². The summed E-state index contributed by atoms with van der Waals surface area (Å²) in [5.41, 5.74) is -0.730. The summed E-state index contributed by atoms with van der Waals surface area (Å²) in [5, 5.41) is 19.8. The van der Waals surface area contributed by atoms with E-state index >= 15 is 0 Å². The molecule has 3 aliphatic carbocycles. The van der Waals surface area contributed by atoms with Gasteiger partial charge in [-0.3, -0.25) is 14.4 Å². The van der Waals surface area contributed by atoms with Crippen molar-refractivity contribution in [3.63, 3.8) is 0 Å². The first-order valence-electron chi connectivity index (χ1n) is 15.7. The van der Waals surface area contributed by atoms with E-state index < -0.39 is 17.4 Å². The van der Waals surface area contributed by atoms with Crippen molar-refractivity contribution >= 4 is 23.8 Å². The summed E-state index contributed by atoms with van der Waals surface area (Å²) in [6.45, 7) is 9.69. The van der Waals surface area contributed by atoms with Crippen LogP contribution >= 0.6 is 0 Å². The summed E-state index contributed by atoms with van der Waals surface area (Å²) in [5.74, 6) is -1.25. The van der Waals surface area contributed by atoms with Crippen LogP contribution in [0.2, 0.25) is 0 Å². The third-order valence-electron chi connectivity index (χ3n) is 12.2. The van der Waals surface area contributed by atoms with Crippen molar-refractivity contribution in [2.45, 2.75) is 90.7 Å². The lowest BCUT2D eigenvalue weighted by Gasteiger charge is -2.58. The van der Waals surface area contributed by atoms with E-state index in [1.165, 1.54) is 6.92 Å². The molecule has 5 rings (SSSR count). The highest BCUT2D eigenvalue weighted by molar-refractivity contribution is 5.77. The summed E-state index contributed by atoms with van der Waals surface area (Å²) < 4.78 is 12.1. The predicted octanol–water partition coefficient (Wildman–Crippen LogP) is 0.178. The molecule has 10 nitrogen and oxygen atoms in total. The van der Waals surface area contributed by atoms with E-state index in [4.69, 9.17) is 9.47 Å². The zero-order valence-electron chi connectivity index (χ0n) is 25.4. The van der Waals surface area contributed by atoms with Crippen molar-refractivity contribution in [3.8, 4) is 0 Å². The zero-order chi connectivity index (χ0) is 29.6. The first-order chi connectivity index (χ1) is 19.4. The molecular weight excluding hydrogens is 608 g/mol. The van der Waals surface area contributed by atoms with E-state index in [1.54, 1.807) is 0 Å². The lowest BCUT2D eigenvalue weighted by atomic mass is 9.46. The molecule has 5 aliphatic rings. The number of hydrogen-bond donors (Lipinski definition) is 2. The number of fused-ring (bicyclic) bond motifs is 3. The maximum absolute atomic E-state index is 13.6. The minimum atomic E-state index is -0.816. The molecule has 42 heavy (non-hydrogen) atoms. The normalized spacial score (nSPS) is 39.0. The Labute approximate surface area is 259 Å². The number of aliphatic carboxylic acids is 2. The Kier molecular flexibility index (Phi) is 10.0. The van der Waals surface area contributed by atoms with Crippen LogP contribution < -0.4 is 17.0 Å². The van der Waals surface area contributed by atoms with Gasteiger partial charge >= 0.3 is 17.9 Å². The number of carboxylic acid groups (broad SMARTS) is 2. The van der Waals surface area contributed by atoms with Gasteiger partial charge in [-0.25, -0.2) is 4.79 Å². The number of likely N-dealkylation sites (tertiary alicyclic amines) is 1. The minimum absolute atomic E-state index is 0. The molecule has 11 heteroatoms. The van der Waals surface area contributed by atoms with Crippen LogP contribution in [0.5, 0.6) is 0 Å². The maximum atomic E-state index is 13.6. The van der Waals surface area contributed by atoms with E-state index in [0.717, 1.165) is 58.0 Å². The van der Waals surface area contributed by atoms with Gasteiger partial charge in [-0.1, -0.05) is 13.8 Å². The number of carboxylic acids is 2. The molecule has 0 bridgehead atoms. The van der Waals surface area contributed by atoms with Gasteiger partial charge in [0.05, 0.1) is 26.3 Å². The highest BCUT2D eigenvalue weighted by Crippen LogP contribution is 2.66. The number of hydrogen-bond acceptors (Lipinski definition) is 6. The minimum Gasteiger partial charge on any atom is -1.00 e. The lowest BCUT2D eigenvalue weighted by molar-refractivity contribution is -0.936. The van der Waals surface area contributed by atoms with Gasteiger partial charge in [-0.05, 0) is 54.8 Å². The van der Waals surface area contributed by atoms with Gasteiger partial charge in [0, 0.05) is 57.5 Å². The Morgan fingerprint density at radius 1 is 0.976 bits per heavy atom. The number of carbonyl (C=O) groups excluding carboxylic acids is 2. The van der Waals surface area contributed by atoms with E-state index in [0.29, 0.717) is 37.2 Å². The van der Waals surface area contributed by atoms with E-state index in [1.807, 2.05) is 4.90 Å². The number of halogens is 1. The molecule has 2 aliphatic heterocycles. The molecular formula is C31H49BrN2O8. The SMILES string of the molecule is CC(=O)O[C@H]1[C@@H]([N+]2(CC(=O)O)CCCC2)C[C@H]2[C@@H]3CC[C@@H](CC(=O)O)[C@](C)(CC(=O)N4CCOCC4)[C@H]3CC[C@@]21C.[Br-]. The van der Waals surface area contributed by atoms with Gasteiger partial charge in [0.2, 0.25) is 5.91 Å². The highest BCUT2D eigenvalue weighted by Gasteiger charge is 2.67. The maximum Gasteiger partial charge on any atom is 0.359 e. The van der Waals surface area contributed by atoms with Crippen LogP contribution in [-0.2, 0) is 28.7 Å². The van der Waals surface area contributed by atoms with Gasteiger partial charge in [0.25, 0.3) is 0 Å². The van der Waals surface area contributed by atoms with E-state index in [2.05, 4.69) is 13.8 Å². The number of ether oxygens (including phenoxy) is 2. The topological polar surface area (TPSA) is 130 Å². The highest BCUT2D eigenvalue weighted by atomic mass is 79.9. The van der Waals surface area contributed by atoms with Crippen LogP contribution in [0.4, 0.5) is 0 Å². The predicted molar refractivity (Wildman–Crippen MR) is 149 cm³/mol. The fourth-order valence-corrected chi connectivity index (χ4v) is 10.3. The Morgan fingerprint density at radius 2 is 1.64 bits per heavy atom. The Hall–Kier alpha value is -1.72. The van der Waals surface area contributed by atoms with Crippen molar-refractivity contribution in [1.82, 2.24) is 4.90 Å². The fraction of sp³-hybridized carbons (Fsp3) is 0.871. The van der Waals surface area contributed by atoms with E-state index in [-0.39, 0.29) is 83.1 Å². The zero-order valence-corrected chi connectivity index (χ0v) is 27.0. The number of morpholine rings is 1. The Morgan fingerprint density at radius 3 is 2.24 bits per heavy atom. The molecule has 1 amide bonds. The van der Waals surface area contributed by atoms with Gasteiger partial charge in [0.15, 0.2) is 12.6 Å². The number of rotatable bonds is 8. The number of esters is 1. The Bertz CT molecular complexity index is 1040. The van der Waals surface area contributed by atoms with Crippen molar-refractivity contribution in [2.75, 3.05) is 45.9 Å². The smallest absolute Gasteiger partial charge is 0.359 e. The quantitative estimate of drug-likeness (QED) is 0.280. The average Bonchev–Trinajstić information content (AvgIpc) is 3.48. The molecule has 0 radical (unpaired) electrons. The molecule has 3 saturated carbocycles.